The van der Waals surface area contributed by atoms with Gasteiger partial charge in [-0.25, -0.2) is 4.98 Å². The summed E-state index contributed by atoms with van der Waals surface area (Å²) in [5.74, 6) is -0.256. The molecular weight excluding hydrogens is 370 g/mol. The SMILES string of the molecule is Cc1ccccc1NC(=O)[C@@H](C)n1cnc2scc(-c3ccccc3)c2c1=O. The molecule has 0 fully saturated rings. The van der Waals surface area contributed by atoms with Crippen LogP contribution in [0, 0.1) is 6.92 Å². The molecule has 0 aliphatic heterocycles. The maximum atomic E-state index is 13.2. The van der Waals surface area contributed by atoms with Crippen LogP contribution in [-0.4, -0.2) is 15.5 Å². The number of rotatable bonds is 4. The molecule has 4 aromatic rings. The maximum Gasteiger partial charge on any atom is 0.263 e. The molecule has 0 spiro atoms. The average molecular weight is 389 g/mol. The van der Waals surface area contributed by atoms with Gasteiger partial charge in [0.05, 0.1) is 11.7 Å². The molecule has 0 aliphatic carbocycles. The topological polar surface area (TPSA) is 64.0 Å². The summed E-state index contributed by atoms with van der Waals surface area (Å²) >= 11 is 1.43. The average Bonchev–Trinajstić information content (AvgIpc) is 3.15. The molecule has 140 valence electrons. The van der Waals surface area contributed by atoms with Crippen molar-refractivity contribution in [1.82, 2.24) is 9.55 Å². The van der Waals surface area contributed by atoms with Crippen molar-refractivity contribution < 1.29 is 4.79 Å². The number of benzene rings is 2. The molecule has 1 amide bonds. The molecule has 1 atom stereocenters. The fraction of sp³-hybridized carbons (Fsp3) is 0.136. The van der Waals surface area contributed by atoms with Crippen molar-refractivity contribution in [1.29, 1.82) is 0 Å². The number of hydrogen-bond acceptors (Lipinski definition) is 4. The first kappa shape index (κ1) is 18.1. The van der Waals surface area contributed by atoms with Crippen molar-refractivity contribution in [3.8, 4) is 11.1 Å². The molecule has 1 N–H and O–H groups in total. The largest absolute Gasteiger partial charge is 0.324 e. The molecule has 0 unspecified atom stereocenters. The molecule has 0 bridgehead atoms. The van der Waals surface area contributed by atoms with Gasteiger partial charge in [0.1, 0.15) is 10.9 Å². The highest BCUT2D eigenvalue weighted by atomic mass is 32.1. The molecule has 6 heteroatoms. The van der Waals surface area contributed by atoms with Gasteiger partial charge in [-0.2, -0.15) is 0 Å². The zero-order valence-electron chi connectivity index (χ0n) is 15.5. The van der Waals surface area contributed by atoms with Gasteiger partial charge in [0.2, 0.25) is 5.91 Å². The van der Waals surface area contributed by atoms with E-state index in [1.807, 2.05) is 66.9 Å². The number of amides is 1. The second-order valence-corrected chi connectivity index (χ2v) is 7.49. The van der Waals surface area contributed by atoms with Crippen LogP contribution in [0.15, 0.2) is 71.1 Å². The molecule has 5 nitrogen and oxygen atoms in total. The van der Waals surface area contributed by atoms with Gasteiger partial charge in [0.25, 0.3) is 5.56 Å². The second-order valence-electron chi connectivity index (χ2n) is 6.63. The zero-order chi connectivity index (χ0) is 19.7. The summed E-state index contributed by atoms with van der Waals surface area (Å²) in [6.45, 7) is 3.63. The van der Waals surface area contributed by atoms with Gasteiger partial charge in [-0.3, -0.25) is 14.2 Å². The van der Waals surface area contributed by atoms with Crippen LogP contribution in [0.4, 0.5) is 5.69 Å². The summed E-state index contributed by atoms with van der Waals surface area (Å²) in [6, 6.07) is 16.6. The molecule has 4 rings (SSSR count). The van der Waals surface area contributed by atoms with E-state index in [2.05, 4.69) is 10.3 Å². The predicted molar refractivity (Wildman–Crippen MR) is 114 cm³/mol. The number of aromatic nitrogens is 2. The summed E-state index contributed by atoms with van der Waals surface area (Å²) in [5.41, 5.74) is 3.30. The van der Waals surface area contributed by atoms with Gasteiger partial charge in [-0.15, -0.1) is 11.3 Å². The van der Waals surface area contributed by atoms with Crippen LogP contribution in [0.2, 0.25) is 0 Å². The number of nitrogens with one attached hydrogen (secondary N) is 1. The molecule has 2 aromatic heterocycles. The third-order valence-corrected chi connectivity index (χ3v) is 5.69. The first-order valence-corrected chi connectivity index (χ1v) is 9.84. The third kappa shape index (κ3) is 3.23. The lowest BCUT2D eigenvalue weighted by molar-refractivity contribution is -0.118. The van der Waals surface area contributed by atoms with E-state index in [0.29, 0.717) is 10.2 Å². The van der Waals surface area contributed by atoms with Gasteiger partial charge >= 0.3 is 0 Å². The van der Waals surface area contributed by atoms with E-state index >= 15 is 0 Å². The lowest BCUT2D eigenvalue weighted by atomic mass is 10.1. The van der Waals surface area contributed by atoms with Crippen LogP contribution < -0.4 is 10.9 Å². The molecular formula is C22H19N3O2S. The number of thiophene rings is 1. The van der Waals surface area contributed by atoms with E-state index in [-0.39, 0.29) is 11.5 Å². The standard InChI is InChI=1S/C22H19N3O2S/c1-14-8-6-7-11-18(14)24-20(26)15(2)25-13-23-21-19(22(25)27)17(12-28-21)16-9-4-3-5-10-16/h3-13,15H,1-2H3,(H,24,26)/t15-/m1/s1. The summed E-state index contributed by atoms with van der Waals surface area (Å²) < 4.78 is 1.40. The number of para-hydroxylation sites is 1. The fourth-order valence-electron chi connectivity index (χ4n) is 3.13. The Morgan fingerprint density at radius 1 is 1.11 bits per heavy atom. The van der Waals surface area contributed by atoms with Crippen LogP contribution in [0.25, 0.3) is 21.3 Å². The number of fused-ring (bicyclic) bond motifs is 1. The Bertz CT molecular complexity index is 1210. The highest BCUT2D eigenvalue weighted by molar-refractivity contribution is 7.17. The van der Waals surface area contributed by atoms with Crippen molar-refractivity contribution in [3.63, 3.8) is 0 Å². The molecule has 2 aromatic carbocycles. The molecule has 0 saturated carbocycles. The predicted octanol–water partition coefficient (Wildman–Crippen LogP) is 4.63. The minimum atomic E-state index is -0.687. The van der Waals surface area contributed by atoms with E-state index < -0.39 is 6.04 Å². The minimum Gasteiger partial charge on any atom is -0.324 e. The lowest BCUT2D eigenvalue weighted by Crippen LogP contribution is -2.31. The summed E-state index contributed by atoms with van der Waals surface area (Å²) in [4.78, 5) is 31.0. The van der Waals surface area contributed by atoms with Crippen LogP contribution in [0.3, 0.4) is 0 Å². The number of carbonyl (C=O) groups excluding carboxylic acids is 1. The van der Waals surface area contributed by atoms with Gasteiger partial charge < -0.3 is 5.32 Å². The molecule has 28 heavy (non-hydrogen) atoms. The Balaban J connectivity index is 1.73. The Morgan fingerprint density at radius 2 is 1.82 bits per heavy atom. The first-order valence-electron chi connectivity index (χ1n) is 8.96. The Morgan fingerprint density at radius 3 is 2.57 bits per heavy atom. The highest BCUT2D eigenvalue weighted by Crippen LogP contribution is 2.30. The highest BCUT2D eigenvalue weighted by Gasteiger charge is 2.20. The normalized spacial score (nSPS) is 12.1. The van der Waals surface area contributed by atoms with Crippen molar-refractivity contribution in [2.45, 2.75) is 19.9 Å². The van der Waals surface area contributed by atoms with E-state index in [1.54, 1.807) is 6.92 Å². The fourth-order valence-corrected chi connectivity index (χ4v) is 4.03. The smallest absolute Gasteiger partial charge is 0.263 e. The van der Waals surface area contributed by atoms with Crippen molar-refractivity contribution in [2.75, 3.05) is 5.32 Å². The van der Waals surface area contributed by atoms with Gasteiger partial charge in [0, 0.05) is 16.6 Å². The summed E-state index contributed by atoms with van der Waals surface area (Å²) in [7, 11) is 0. The lowest BCUT2D eigenvalue weighted by Gasteiger charge is -2.16. The van der Waals surface area contributed by atoms with Crippen LogP contribution >= 0.6 is 11.3 Å². The molecule has 0 aliphatic rings. The quantitative estimate of drug-likeness (QED) is 0.553. The molecule has 0 saturated heterocycles. The second kappa shape index (κ2) is 7.40. The monoisotopic (exact) mass is 389 g/mol. The summed E-state index contributed by atoms with van der Waals surface area (Å²) in [6.07, 6.45) is 1.46. The number of aryl methyl sites for hydroxylation is 1. The zero-order valence-corrected chi connectivity index (χ0v) is 16.4. The van der Waals surface area contributed by atoms with Crippen LogP contribution in [0.5, 0.6) is 0 Å². The molecule has 2 heterocycles. The van der Waals surface area contributed by atoms with Crippen molar-refractivity contribution >= 4 is 33.1 Å². The number of hydrogen-bond donors (Lipinski definition) is 1. The van der Waals surface area contributed by atoms with E-state index in [9.17, 15) is 9.59 Å². The molecule has 0 radical (unpaired) electrons. The Kier molecular flexibility index (Phi) is 4.79. The number of anilines is 1. The number of nitrogens with zero attached hydrogens (tertiary/aromatic N) is 2. The van der Waals surface area contributed by atoms with E-state index in [0.717, 1.165) is 22.4 Å². The Hall–Kier alpha value is -3.25. The van der Waals surface area contributed by atoms with Crippen molar-refractivity contribution in [2.24, 2.45) is 0 Å². The van der Waals surface area contributed by atoms with E-state index in [1.165, 1.54) is 22.2 Å². The Labute approximate surface area is 166 Å². The van der Waals surface area contributed by atoms with Gasteiger partial charge in [-0.1, -0.05) is 48.5 Å². The van der Waals surface area contributed by atoms with Crippen LogP contribution in [0.1, 0.15) is 18.5 Å². The van der Waals surface area contributed by atoms with Crippen molar-refractivity contribution in [3.05, 3.63) is 82.2 Å². The van der Waals surface area contributed by atoms with Crippen LogP contribution in [-0.2, 0) is 4.79 Å². The first-order chi connectivity index (χ1) is 13.6. The van der Waals surface area contributed by atoms with E-state index in [4.69, 9.17) is 0 Å². The minimum absolute atomic E-state index is 0.211. The maximum absolute atomic E-state index is 13.2. The van der Waals surface area contributed by atoms with Gasteiger partial charge in [-0.05, 0) is 31.0 Å². The third-order valence-electron chi connectivity index (χ3n) is 4.80. The number of carbonyl (C=O) groups is 1. The van der Waals surface area contributed by atoms with Gasteiger partial charge in [0.15, 0.2) is 0 Å². The summed E-state index contributed by atoms with van der Waals surface area (Å²) in [5, 5.41) is 5.39.